The Morgan fingerprint density at radius 1 is 1.33 bits per heavy atom. The summed E-state index contributed by atoms with van der Waals surface area (Å²) in [5.41, 5.74) is 3.01. The Labute approximate surface area is 157 Å². The van der Waals surface area contributed by atoms with Crippen molar-refractivity contribution in [2.45, 2.75) is 38.3 Å². The first-order valence-corrected chi connectivity index (χ1v) is 9.05. The van der Waals surface area contributed by atoms with Gasteiger partial charge in [0.1, 0.15) is 11.8 Å². The summed E-state index contributed by atoms with van der Waals surface area (Å²) in [5.74, 6) is 0.109. The molecule has 3 rings (SSSR count). The number of hydrogen-bond acceptors (Lipinski definition) is 4. The summed E-state index contributed by atoms with van der Waals surface area (Å²) < 4.78 is 5.18. The number of carbonyl (C=O) groups excluding carboxylic acids is 1. The van der Waals surface area contributed by atoms with E-state index in [0.29, 0.717) is 5.69 Å². The number of hydrogen-bond donors (Lipinski definition) is 2. The van der Waals surface area contributed by atoms with Crippen LogP contribution in [0, 0.1) is 10.1 Å². The molecule has 27 heavy (non-hydrogen) atoms. The topological polar surface area (TPSA) is 98.1 Å². The van der Waals surface area contributed by atoms with Crippen LogP contribution in [0.3, 0.4) is 0 Å². The van der Waals surface area contributed by atoms with Gasteiger partial charge in [0.2, 0.25) is 0 Å². The molecule has 2 aromatic carbocycles. The third kappa shape index (κ3) is 4.25. The van der Waals surface area contributed by atoms with Gasteiger partial charge in [-0.05, 0) is 31.4 Å². The van der Waals surface area contributed by atoms with Crippen LogP contribution in [0.1, 0.15) is 36.9 Å². The number of nitrogens with two attached hydrogens (primary N) is 1. The number of amides is 1. The average Bonchev–Trinajstić information content (AvgIpc) is 2.68. The number of anilines is 1. The smallest absolute Gasteiger partial charge is 0.282 e. The molecule has 1 amide bonds. The van der Waals surface area contributed by atoms with Crippen molar-refractivity contribution in [2.24, 2.45) is 0 Å². The summed E-state index contributed by atoms with van der Waals surface area (Å²) >= 11 is 0. The van der Waals surface area contributed by atoms with Crippen molar-refractivity contribution in [1.82, 2.24) is 0 Å². The standard InChI is InChI=1S/C20H23N3O4/c1-13(21-17-9-5-7-14-6-3-4-8-16(14)17)20(24)22-18-11-10-15(23(25)26)12-19(18)27-2/h3-4,6,8,10-13,17,21H,5,7,9H2,1-2H3,(H,22,24)/p+1/t13-,17+/m1/s1. The molecule has 0 radical (unpaired) electrons. The SMILES string of the molecule is COc1cc([N+](=O)[O-])ccc1NC(=O)[C@@H](C)[NH2+][C@H]1CCCc2ccccc21. The fourth-order valence-electron chi connectivity index (χ4n) is 3.57. The van der Waals surface area contributed by atoms with Crippen molar-refractivity contribution in [3.63, 3.8) is 0 Å². The van der Waals surface area contributed by atoms with Gasteiger partial charge in [-0.2, -0.15) is 0 Å². The van der Waals surface area contributed by atoms with Crippen molar-refractivity contribution >= 4 is 17.3 Å². The fraction of sp³-hybridized carbons (Fsp3) is 0.350. The Bertz CT molecular complexity index is 853. The normalized spacial score (nSPS) is 16.9. The molecule has 0 heterocycles. The van der Waals surface area contributed by atoms with Crippen molar-refractivity contribution in [3.8, 4) is 5.75 Å². The van der Waals surface area contributed by atoms with Gasteiger partial charge in [0.25, 0.3) is 11.6 Å². The summed E-state index contributed by atoms with van der Waals surface area (Å²) in [5, 5.41) is 15.8. The van der Waals surface area contributed by atoms with Gasteiger partial charge >= 0.3 is 0 Å². The van der Waals surface area contributed by atoms with Gasteiger partial charge in [0.05, 0.1) is 23.8 Å². The highest BCUT2D eigenvalue weighted by Crippen LogP contribution is 2.29. The molecule has 1 aliphatic rings. The lowest BCUT2D eigenvalue weighted by Gasteiger charge is -2.26. The minimum absolute atomic E-state index is 0.0803. The fourth-order valence-corrected chi connectivity index (χ4v) is 3.57. The van der Waals surface area contributed by atoms with Gasteiger partial charge in [-0.15, -0.1) is 0 Å². The summed E-state index contributed by atoms with van der Waals surface area (Å²) in [6, 6.07) is 12.5. The Morgan fingerprint density at radius 2 is 2.11 bits per heavy atom. The van der Waals surface area contributed by atoms with E-state index < -0.39 is 4.92 Å². The number of ether oxygens (including phenoxy) is 1. The number of nitro benzene ring substituents is 1. The molecule has 7 heteroatoms. The molecule has 7 nitrogen and oxygen atoms in total. The second-order valence-corrected chi connectivity index (χ2v) is 6.81. The number of non-ortho nitro benzene ring substituents is 1. The maximum absolute atomic E-state index is 12.7. The van der Waals surface area contributed by atoms with E-state index in [9.17, 15) is 14.9 Å². The quantitative estimate of drug-likeness (QED) is 0.603. The zero-order valence-corrected chi connectivity index (χ0v) is 15.5. The van der Waals surface area contributed by atoms with Crippen molar-refractivity contribution in [2.75, 3.05) is 12.4 Å². The lowest BCUT2D eigenvalue weighted by atomic mass is 9.87. The number of rotatable bonds is 6. The van der Waals surface area contributed by atoms with Gasteiger partial charge in [-0.1, -0.05) is 24.3 Å². The van der Waals surface area contributed by atoms with E-state index >= 15 is 0 Å². The Balaban J connectivity index is 1.69. The molecule has 2 aromatic rings. The van der Waals surface area contributed by atoms with E-state index in [1.807, 2.05) is 13.0 Å². The van der Waals surface area contributed by atoms with Crippen LogP contribution >= 0.6 is 0 Å². The zero-order chi connectivity index (χ0) is 19.4. The maximum atomic E-state index is 12.7. The summed E-state index contributed by atoms with van der Waals surface area (Å²) in [6.45, 7) is 1.87. The molecule has 0 fully saturated rings. The van der Waals surface area contributed by atoms with Crippen molar-refractivity contribution in [1.29, 1.82) is 0 Å². The van der Waals surface area contributed by atoms with Crippen LogP contribution in [-0.4, -0.2) is 24.0 Å². The first-order chi connectivity index (χ1) is 13.0. The molecule has 2 atom stereocenters. The van der Waals surface area contributed by atoms with Gasteiger partial charge in [0, 0.05) is 18.1 Å². The van der Waals surface area contributed by atoms with Crippen LogP contribution in [0.2, 0.25) is 0 Å². The number of quaternary nitrogens is 1. The average molecular weight is 370 g/mol. The van der Waals surface area contributed by atoms with E-state index in [4.69, 9.17) is 4.74 Å². The highest BCUT2D eigenvalue weighted by atomic mass is 16.6. The van der Waals surface area contributed by atoms with Crippen LogP contribution < -0.4 is 15.4 Å². The van der Waals surface area contributed by atoms with Gasteiger partial charge in [-0.3, -0.25) is 14.9 Å². The molecule has 1 aliphatic carbocycles. The predicted octanol–water partition coefficient (Wildman–Crippen LogP) is 2.57. The maximum Gasteiger partial charge on any atom is 0.282 e. The molecule has 0 spiro atoms. The third-order valence-corrected chi connectivity index (χ3v) is 5.00. The van der Waals surface area contributed by atoms with E-state index in [1.165, 1.54) is 36.4 Å². The van der Waals surface area contributed by atoms with Gasteiger partial charge in [-0.25, -0.2) is 0 Å². The molecule has 0 aliphatic heterocycles. The molecule has 3 N–H and O–H groups in total. The number of aryl methyl sites for hydroxylation is 1. The first kappa shape index (κ1) is 18.8. The summed E-state index contributed by atoms with van der Waals surface area (Å²) in [7, 11) is 1.42. The highest BCUT2D eigenvalue weighted by molar-refractivity contribution is 5.95. The van der Waals surface area contributed by atoms with E-state index in [0.717, 1.165) is 19.3 Å². The van der Waals surface area contributed by atoms with E-state index in [-0.39, 0.29) is 29.4 Å². The largest absolute Gasteiger partial charge is 0.494 e. The van der Waals surface area contributed by atoms with Crippen LogP contribution in [0.5, 0.6) is 5.75 Å². The number of nitrogens with zero attached hydrogens (tertiary/aromatic N) is 1. The lowest BCUT2D eigenvalue weighted by molar-refractivity contribution is -0.714. The Kier molecular flexibility index (Phi) is 5.71. The monoisotopic (exact) mass is 370 g/mol. The van der Waals surface area contributed by atoms with E-state index in [1.54, 1.807) is 0 Å². The van der Waals surface area contributed by atoms with Crippen LogP contribution in [0.15, 0.2) is 42.5 Å². The third-order valence-electron chi connectivity index (χ3n) is 5.00. The van der Waals surface area contributed by atoms with Crippen LogP contribution in [0.25, 0.3) is 0 Å². The van der Waals surface area contributed by atoms with Gasteiger partial charge in [0.15, 0.2) is 6.04 Å². The predicted molar refractivity (Wildman–Crippen MR) is 102 cm³/mol. The highest BCUT2D eigenvalue weighted by Gasteiger charge is 2.27. The first-order valence-electron chi connectivity index (χ1n) is 9.05. The van der Waals surface area contributed by atoms with Crippen molar-refractivity contribution < 1.29 is 19.8 Å². The molecule has 0 saturated heterocycles. The number of nitro groups is 1. The minimum Gasteiger partial charge on any atom is -0.494 e. The molecule has 0 bridgehead atoms. The Morgan fingerprint density at radius 3 is 2.85 bits per heavy atom. The second-order valence-electron chi connectivity index (χ2n) is 6.81. The molecular weight excluding hydrogens is 346 g/mol. The number of carbonyl (C=O) groups is 1. The zero-order valence-electron chi connectivity index (χ0n) is 15.5. The second kappa shape index (κ2) is 8.18. The molecule has 0 saturated carbocycles. The van der Waals surface area contributed by atoms with Gasteiger partial charge < -0.3 is 15.4 Å². The number of nitrogens with one attached hydrogen (secondary N) is 1. The van der Waals surface area contributed by atoms with E-state index in [2.05, 4.69) is 28.8 Å². The van der Waals surface area contributed by atoms with Crippen LogP contribution in [-0.2, 0) is 11.2 Å². The number of fused-ring (bicyclic) bond motifs is 1. The molecule has 0 aromatic heterocycles. The summed E-state index contributed by atoms with van der Waals surface area (Å²) in [4.78, 5) is 23.0. The van der Waals surface area contributed by atoms with Crippen molar-refractivity contribution in [3.05, 3.63) is 63.7 Å². The molecular formula is C20H24N3O4+. The van der Waals surface area contributed by atoms with Crippen LogP contribution in [0.4, 0.5) is 11.4 Å². The Hall–Kier alpha value is -2.93. The lowest BCUT2D eigenvalue weighted by Crippen LogP contribution is -2.92. The number of benzene rings is 2. The minimum atomic E-state index is -0.495. The molecule has 142 valence electrons. The molecule has 0 unspecified atom stereocenters. The summed E-state index contributed by atoms with van der Waals surface area (Å²) in [6.07, 6.45) is 3.24. The number of methoxy groups -OCH3 is 1.